The maximum Gasteiger partial charge on any atom is 0.0668 e. The summed E-state index contributed by atoms with van der Waals surface area (Å²) in [5.41, 5.74) is 0. The van der Waals surface area contributed by atoms with Crippen LogP contribution in [-0.2, 0) is 10.8 Å². The lowest BCUT2D eigenvalue weighted by Crippen LogP contribution is -2.24. The van der Waals surface area contributed by atoms with Crippen molar-refractivity contribution < 1.29 is 4.21 Å². The van der Waals surface area contributed by atoms with E-state index in [1.54, 1.807) is 0 Å². The molecule has 0 heterocycles. The second-order valence-electron chi connectivity index (χ2n) is 4.64. The van der Waals surface area contributed by atoms with Crippen molar-refractivity contribution in [2.75, 3.05) is 0 Å². The van der Waals surface area contributed by atoms with Crippen LogP contribution >= 0.6 is 15.9 Å². The van der Waals surface area contributed by atoms with Gasteiger partial charge in [0.05, 0.1) is 32.9 Å². The van der Waals surface area contributed by atoms with E-state index in [1.165, 1.54) is 0 Å². The zero-order valence-electron chi connectivity index (χ0n) is 10.1. The molecule has 2 rings (SSSR count). The lowest BCUT2D eigenvalue weighted by Gasteiger charge is -2.19. The molecule has 0 N–H and O–H groups in total. The van der Waals surface area contributed by atoms with Gasteiger partial charge in [0, 0.05) is 4.47 Å². The topological polar surface area (TPSA) is 40.9 Å². The first kappa shape index (κ1) is 13.8. The van der Waals surface area contributed by atoms with Crippen molar-refractivity contribution in [3.63, 3.8) is 0 Å². The van der Waals surface area contributed by atoms with E-state index in [2.05, 4.69) is 22.0 Å². The second-order valence-corrected chi connectivity index (χ2v) is 7.13. The molecule has 0 aliphatic heterocycles. The fraction of sp³-hybridized carbons (Fsp3) is 0.500. The van der Waals surface area contributed by atoms with Gasteiger partial charge in [-0.3, -0.25) is 4.21 Å². The van der Waals surface area contributed by atoms with Crippen LogP contribution < -0.4 is 0 Å². The molecule has 2 nitrogen and oxygen atoms in total. The number of hydrogen-bond donors (Lipinski definition) is 0. The fourth-order valence-corrected chi connectivity index (χ4v) is 4.89. The molecule has 0 amide bonds. The monoisotopic (exact) mass is 325 g/mol. The van der Waals surface area contributed by atoms with Crippen molar-refractivity contribution in [2.24, 2.45) is 5.92 Å². The average molecular weight is 326 g/mol. The Bertz CT molecular complexity index is 483. The largest absolute Gasteiger partial charge is 0.254 e. The normalized spacial score (nSPS) is 26.0. The van der Waals surface area contributed by atoms with Gasteiger partial charge < -0.3 is 0 Å². The van der Waals surface area contributed by atoms with Gasteiger partial charge in [0.25, 0.3) is 0 Å². The van der Waals surface area contributed by atoms with Crippen LogP contribution in [0.3, 0.4) is 0 Å². The minimum Gasteiger partial charge on any atom is -0.254 e. The summed E-state index contributed by atoms with van der Waals surface area (Å²) in [6, 6.07) is 9.97. The molecule has 1 aromatic rings. The molecule has 0 spiro atoms. The molecular formula is C14H16BrNOS. The van der Waals surface area contributed by atoms with E-state index in [0.717, 1.165) is 41.5 Å². The van der Waals surface area contributed by atoms with Crippen molar-refractivity contribution in [2.45, 2.75) is 42.2 Å². The second kappa shape index (κ2) is 6.49. The van der Waals surface area contributed by atoms with E-state index >= 15 is 0 Å². The van der Waals surface area contributed by atoms with E-state index in [4.69, 9.17) is 0 Å². The number of nitrogens with zero attached hydrogens (tertiary/aromatic N) is 1. The quantitative estimate of drug-likeness (QED) is 0.770. The summed E-state index contributed by atoms with van der Waals surface area (Å²) in [7, 11) is -1.09. The number of hydrogen-bond acceptors (Lipinski definition) is 2. The van der Waals surface area contributed by atoms with Gasteiger partial charge in [-0.05, 0) is 40.9 Å². The Morgan fingerprint density at radius 1 is 1.22 bits per heavy atom. The van der Waals surface area contributed by atoms with Gasteiger partial charge in [-0.2, -0.15) is 5.26 Å². The van der Waals surface area contributed by atoms with Crippen LogP contribution in [0, 0.1) is 17.2 Å². The summed E-state index contributed by atoms with van der Waals surface area (Å²) in [4.78, 5) is 0.824. The molecule has 0 saturated heterocycles. The summed E-state index contributed by atoms with van der Waals surface area (Å²) in [6.07, 6.45) is 5.10. The molecule has 18 heavy (non-hydrogen) atoms. The number of benzene rings is 1. The Hall–Kier alpha value is -0.660. The van der Waals surface area contributed by atoms with Crippen LogP contribution in [0.25, 0.3) is 0 Å². The third-order valence-corrected chi connectivity index (χ3v) is 6.30. The molecule has 0 radical (unpaired) electrons. The molecular weight excluding hydrogens is 310 g/mol. The van der Waals surface area contributed by atoms with E-state index in [9.17, 15) is 9.47 Å². The predicted octanol–water partition coefficient (Wildman–Crippen LogP) is 4.03. The van der Waals surface area contributed by atoms with Gasteiger partial charge in [0.15, 0.2) is 0 Å². The third kappa shape index (κ3) is 3.02. The van der Waals surface area contributed by atoms with Crippen LogP contribution in [0.15, 0.2) is 33.6 Å². The van der Waals surface area contributed by atoms with Crippen LogP contribution in [0.1, 0.15) is 32.1 Å². The fourth-order valence-electron chi connectivity index (χ4n) is 2.45. The summed E-state index contributed by atoms with van der Waals surface area (Å²) in [5, 5.41) is 9.24. The first-order valence-electron chi connectivity index (χ1n) is 6.28. The molecule has 1 fully saturated rings. The smallest absolute Gasteiger partial charge is 0.0668 e. The number of rotatable bonds is 2. The first-order chi connectivity index (χ1) is 8.74. The Morgan fingerprint density at radius 2 is 1.94 bits per heavy atom. The SMILES string of the molecule is N#CC1CCCCCC1S(=O)c1ccccc1Br. The maximum atomic E-state index is 12.7. The van der Waals surface area contributed by atoms with Crippen molar-refractivity contribution in [1.82, 2.24) is 0 Å². The van der Waals surface area contributed by atoms with Crippen LogP contribution in [0.4, 0.5) is 0 Å². The molecule has 3 unspecified atom stereocenters. The van der Waals surface area contributed by atoms with Crippen molar-refractivity contribution in [3.8, 4) is 6.07 Å². The Labute approximate surface area is 119 Å². The van der Waals surface area contributed by atoms with Gasteiger partial charge in [0.1, 0.15) is 0 Å². The molecule has 0 bridgehead atoms. The standard InChI is InChI=1S/C14H16BrNOS/c15-12-7-4-5-9-14(12)18(17)13-8-3-1-2-6-11(13)10-16/h4-5,7,9,11,13H,1-3,6,8H2. The number of nitriles is 1. The van der Waals surface area contributed by atoms with Gasteiger partial charge in [-0.25, -0.2) is 0 Å². The Morgan fingerprint density at radius 3 is 2.67 bits per heavy atom. The minimum absolute atomic E-state index is 0.0174. The molecule has 0 aromatic heterocycles. The van der Waals surface area contributed by atoms with Crippen molar-refractivity contribution in [3.05, 3.63) is 28.7 Å². The highest BCUT2D eigenvalue weighted by Crippen LogP contribution is 2.32. The molecule has 1 aliphatic rings. The van der Waals surface area contributed by atoms with Crippen molar-refractivity contribution >= 4 is 26.7 Å². The molecule has 96 valence electrons. The van der Waals surface area contributed by atoms with Gasteiger partial charge in [0.2, 0.25) is 0 Å². The van der Waals surface area contributed by atoms with Gasteiger partial charge >= 0.3 is 0 Å². The summed E-state index contributed by atoms with van der Waals surface area (Å²) < 4.78 is 13.6. The molecule has 1 aromatic carbocycles. The molecule has 4 heteroatoms. The predicted molar refractivity (Wildman–Crippen MR) is 76.5 cm³/mol. The lowest BCUT2D eigenvalue weighted by molar-refractivity contribution is 0.564. The van der Waals surface area contributed by atoms with E-state index in [0.29, 0.717) is 0 Å². The lowest BCUT2D eigenvalue weighted by atomic mass is 10.0. The zero-order chi connectivity index (χ0) is 13.0. The molecule has 1 saturated carbocycles. The van der Waals surface area contributed by atoms with Crippen LogP contribution in [-0.4, -0.2) is 9.46 Å². The summed E-state index contributed by atoms with van der Waals surface area (Å²) in [6.45, 7) is 0. The first-order valence-corrected chi connectivity index (χ1v) is 8.29. The van der Waals surface area contributed by atoms with E-state index in [-0.39, 0.29) is 11.2 Å². The molecule has 1 aliphatic carbocycles. The molecule has 3 atom stereocenters. The third-order valence-electron chi connectivity index (χ3n) is 3.45. The Kier molecular flexibility index (Phi) is 4.96. The highest BCUT2D eigenvalue weighted by atomic mass is 79.9. The summed E-state index contributed by atoms with van der Waals surface area (Å²) in [5.74, 6) is -0.0690. The highest BCUT2D eigenvalue weighted by Gasteiger charge is 2.30. The highest BCUT2D eigenvalue weighted by molar-refractivity contribution is 9.10. The zero-order valence-corrected chi connectivity index (χ0v) is 12.5. The van der Waals surface area contributed by atoms with E-state index in [1.807, 2.05) is 24.3 Å². The number of halogens is 1. The van der Waals surface area contributed by atoms with Crippen molar-refractivity contribution in [1.29, 1.82) is 5.26 Å². The summed E-state index contributed by atoms with van der Waals surface area (Å²) >= 11 is 3.45. The Balaban J connectivity index is 2.26. The van der Waals surface area contributed by atoms with Gasteiger partial charge in [-0.15, -0.1) is 0 Å². The minimum atomic E-state index is -1.09. The maximum absolute atomic E-state index is 12.7. The van der Waals surface area contributed by atoms with Crippen LogP contribution in [0.2, 0.25) is 0 Å². The van der Waals surface area contributed by atoms with Gasteiger partial charge in [-0.1, -0.05) is 31.4 Å². The van der Waals surface area contributed by atoms with Crippen LogP contribution in [0.5, 0.6) is 0 Å². The van der Waals surface area contributed by atoms with E-state index < -0.39 is 10.8 Å². The average Bonchev–Trinajstić information content (AvgIpc) is 2.63.